The molecule has 0 aromatic carbocycles. The van der Waals surface area contributed by atoms with Crippen LogP contribution in [0, 0.1) is 6.92 Å². The maximum atomic E-state index is 12.4. The molecule has 0 aliphatic heterocycles. The Balaban J connectivity index is 2.07. The van der Waals surface area contributed by atoms with Crippen LogP contribution in [0.5, 0.6) is 0 Å². The molecule has 3 heterocycles. The standard InChI is InChI=1S/C13H14N4O2S/c1-7(2)11-9(15-6-19-11)4-17-5-14-12-10(13(17)18)8(3)16-20-12/h5-7H,4H2,1-3H3. The van der Waals surface area contributed by atoms with Gasteiger partial charge in [-0.2, -0.15) is 4.37 Å². The lowest BCUT2D eigenvalue weighted by atomic mass is 10.1. The Labute approximate surface area is 119 Å². The zero-order valence-electron chi connectivity index (χ0n) is 11.5. The van der Waals surface area contributed by atoms with Gasteiger partial charge in [0.25, 0.3) is 5.56 Å². The van der Waals surface area contributed by atoms with Crippen LogP contribution in [-0.2, 0) is 6.54 Å². The van der Waals surface area contributed by atoms with Gasteiger partial charge in [0.15, 0.2) is 11.2 Å². The number of aryl methyl sites for hydroxylation is 1. The molecule has 0 N–H and O–H groups in total. The molecule has 0 aliphatic carbocycles. The lowest BCUT2D eigenvalue weighted by Gasteiger charge is -2.06. The summed E-state index contributed by atoms with van der Waals surface area (Å²) in [6, 6.07) is 0. The third-order valence-electron chi connectivity index (χ3n) is 3.15. The third kappa shape index (κ3) is 2.03. The third-order valence-corrected chi connectivity index (χ3v) is 4.00. The Bertz CT molecular complexity index is 815. The lowest BCUT2D eigenvalue weighted by molar-refractivity contribution is 0.477. The number of fused-ring (bicyclic) bond motifs is 1. The van der Waals surface area contributed by atoms with Crippen molar-refractivity contribution in [3.63, 3.8) is 0 Å². The molecule has 3 aromatic heterocycles. The second-order valence-corrected chi connectivity index (χ2v) is 5.70. The summed E-state index contributed by atoms with van der Waals surface area (Å²) in [5.74, 6) is 1.03. The highest BCUT2D eigenvalue weighted by Gasteiger charge is 2.15. The van der Waals surface area contributed by atoms with Gasteiger partial charge in [0.2, 0.25) is 0 Å². The van der Waals surface area contributed by atoms with Crippen molar-refractivity contribution in [2.75, 3.05) is 0 Å². The molecule has 0 saturated heterocycles. The smallest absolute Gasteiger partial charge is 0.264 e. The van der Waals surface area contributed by atoms with E-state index in [9.17, 15) is 4.79 Å². The van der Waals surface area contributed by atoms with E-state index in [1.807, 2.05) is 20.8 Å². The summed E-state index contributed by atoms with van der Waals surface area (Å²) < 4.78 is 11.1. The summed E-state index contributed by atoms with van der Waals surface area (Å²) in [6.45, 7) is 6.24. The Morgan fingerprint density at radius 1 is 1.40 bits per heavy atom. The second-order valence-electron chi connectivity index (χ2n) is 4.94. The van der Waals surface area contributed by atoms with Gasteiger partial charge in [0, 0.05) is 5.92 Å². The Hall–Kier alpha value is -2.02. The van der Waals surface area contributed by atoms with Crippen molar-refractivity contribution in [3.05, 3.63) is 40.2 Å². The van der Waals surface area contributed by atoms with Gasteiger partial charge < -0.3 is 4.42 Å². The van der Waals surface area contributed by atoms with E-state index in [4.69, 9.17) is 4.42 Å². The Morgan fingerprint density at radius 3 is 2.95 bits per heavy atom. The minimum Gasteiger partial charge on any atom is -0.448 e. The molecule has 104 valence electrons. The van der Waals surface area contributed by atoms with Crippen molar-refractivity contribution >= 4 is 21.7 Å². The zero-order chi connectivity index (χ0) is 14.3. The molecule has 0 bridgehead atoms. The van der Waals surface area contributed by atoms with Crippen LogP contribution < -0.4 is 5.56 Å². The first-order valence-corrected chi connectivity index (χ1v) is 7.09. The number of aromatic nitrogens is 4. The first kappa shape index (κ1) is 13.0. The molecule has 3 rings (SSSR count). The van der Waals surface area contributed by atoms with Gasteiger partial charge in [-0.3, -0.25) is 9.36 Å². The van der Waals surface area contributed by atoms with E-state index >= 15 is 0 Å². The predicted octanol–water partition coefficient (Wildman–Crippen LogP) is 2.32. The maximum absolute atomic E-state index is 12.4. The molecule has 20 heavy (non-hydrogen) atoms. The van der Waals surface area contributed by atoms with Crippen LogP contribution in [0.25, 0.3) is 10.2 Å². The van der Waals surface area contributed by atoms with E-state index in [0.717, 1.165) is 17.1 Å². The van der Waals surface area contributed by atoms with Gasteiger partial charge in [-0.25, -0.2) is 9.97 Å². The highest BCUT2D eigenvalue weighted by molar-refractivity contribution is 7.12. The summed E-state index contributed by atoms with van der Waals surface area (Å²) in [7, 11) is 0. The molecule has 3 aromatic rings. The van der Waals surface area contributed by atoms with Gasteiger partial charge in [0.1, 0.15) is 11.5 Å². The number of hydrogen-bond acceptors (Lipinski definition) is 6. The normalized spacial score (nSPS) is 11.6. The van der Waals surface area contributed by atoms with E-state index in [-0.39, 0.29) is 11.5 Å². The van der Waals surface area contributed by atoms with Crippen molar-refractivity contribution in [3.8, 4) is 0 Å². The van der Waals surface area contributed by atoms with Crippen LogP contribution in [0.4, 0.5) is 0 Å². The molecule has 0 aliphatic rings. The van der Waals surface area contributed by atoms with E-state index in [2.05, 4.69) is 14.3 Å². The summed E-state index contributed by atoms with van der Waals surface area (Å²) >= 11 is 1.24. The summed E-state index contributed by atoms with van der Waals surface area (Å²) in [5, 5.41) is 0.590. The van der Waals surface area contributed by atoms with Crippen molar-refractivity contribution in [2.45, 2.75) is 33.2 Å². The average molecular weight is 290 g/mol. The Morgan fingerprint density at radius 2 is 2.20 bits per heavy atom. The van der Waals surface area contributed by atoms with Gasteiger partial charge >= 0.3 is 0 Å². The summed E-state index contributed by atoms with van der Waals surface area (Å²) in [5.41, 5.74) is 1.41. The molecule has 6 nitrogen and oxygen atoms in total. The van der Waals surface area contributed by atoms with Crippen molar-refractivity contribution in [2.24, 2.45) is 0 Å². The van der Waals surface area contributed by atoms with E-state index in [0.29, 0.717) is 16.8 Å². The molecule has 0 fully saturated rings. The molecule has 0 spiro atoms. The highest BCUT2D eigenvalue weighted by Crippen LogP contribution is 2.19. The summed E-state index contributed by atoms with van der Waals surface area (Å²) in [4.78, 5) is 21.6. The summed E-state index contributed by atoms with van der Waals surface area (Å²) in [6.07, 6.45) is 2.96. The number of oxazole rings is 1. The fourth-order valence-electron chi connectivity index (χ4n) is 2.15. The second kappa shape index (κ2) is 4.82. The SMILES string of the molecule is Cc1nsc2ncn(Cc3ncoc3C(C)C)c(=O)c12. The maximum Gasteiger partial charge on any atom is 0.264 e. The van der Waals surface area contributed by atoms with Crippen molar-refractivity contribution in [1.29, 1.82) is 0 Å². The van der Waals surface area contributed by atoms with Crippen molar-refractivity contribution in [1.82, 2.24) is 18.9 Å². The van der Waals surface area contributed by atoms with Crippen LogP contribution in [-0.4, -0.2) is 18.9 Å². The average Bonchev–Trinajstić information content (AvgIpc) is 3.00. The van der Waals surface area contributed by atoms with Crippen molar-refractivity contribution < 1.29 is 4.42 Å². The number of rotatable bonds is 3. The fraction of sp³-hybridized carbons (Fsp3) is 0.385. The first-order valence-electron chi connectivity index (χ1n) is 6.31. The van der Waals surface area contributed by atoms with Crippen LogP contribution in [0.3, 0.4) is 0 Å². The molecule has 0 radical (unpaired) electrons. The molecule has 0 saturated carbocycles. The molecule has 0 atom stereocenters. The van der Waals surface area contributed by atoms with E-state index in [1.165, 1.54) is 17.9 Å². The molecular weight excluding hydrogens is 276 g/mol. The van der Waals surface area contributed by atoms with Gasteiger partial charge in [-0.15, -0.1) is 0 Å². The van der Waals surface area contributed by atoms with E-state index < -0.39 is 0 Å². The Kier molecular flexibility index (Phi) is 3.13. The molecule has 7 heteroatoms. The minimum absolute atomic E-state index is 0.0843. The van der Waals surface area contributed by atoms with Crippen LogP contribution in [0.1, 0.15) is 36.9 Å². The quantitative estimate of drug-likeness (QED) is 0.740. The largest absolute Gasteiger partial charge is 0.448 e. The van der Waals surface area contributed by atoms with Gasteiger partial charge in [-0.1, -0.05) is 13.8 Å². The molecule has 0 amide bonds. The monoisotopic (exact) mass is 290 g/mol. The number of hydrogen-bond donors (Lipinski definition) is 0. The van der Waals surface area contributed by atoms with Gasteiger partial charge in [0.05, 0.1) is 24.0 Å². The number of nitrogens with zero attached hydrogens (tertiary/aromatic N) is 4. The van der Waals surface area contributed by atoms with Crippen LogP contribution in [0.2, 0.25) is 0 Å². The fourth-order valence-corrected chi connectivity index (χ4v) is 2.89. The van der Waals surface area contributed by atoms with Crippen LogP contribution in [0.15, 0.2) is 21.9 Å². The molecular formula is C13H14N4O2S. The van der Waals surface area contributed by atoms with Gasteiger partial charge in [-0.05, 0) is 18.5 Å². The lowest BCUT2D eigenvalue weighted by Crippen LogP contribution is -2.21. The topological polar surface area (TPSA) is 73.8 Å². The predicted molar refractivity (Wildman–Crippen MR) is 76.1 cm³/mol. The van der Waals surface area contributed by atoms with E-state index in [1.54, 1.807) is 10.9 Å². The zero-order valence-corrected chi connectivity index (χ0v) is 12.3. The molecule has 0 unspecified atom stereocenters. The first-order chi connectivity index (χ1) is 9.58. The highest BCUT2D eigenvalue weighted by atomic mass is 32.1. The van der Waals surface area contributed by atoms with Crippen LogP contribution >= 0.6 is 11.5 Å². The minimum atomic E-state index is -0.0843.